The van der Waals surface area contributed by atoms with E-state index in [0.29, 0.717) is 22.8 Å². The van der Waals surface area contributed by atoms with Gasteiger partial charge in [0.15, 0.2) is 6.61 Å². The zero-order valence-corrected chi connectivity index (χ0v) is 16.9. The van der Waals surface area contributed by atoms with Crippen LogP contribution in [0, 0.1) is 0 Å². The van der Waals surface area contributed by atoms with Crippen LogP contribution < -0.4 is 20.3 Å². The molecule has 0 fully saturated rings. The summed E-state index contributed by atoms with van der Waals surface area (Å²) in [5, 5.41) is 7.34. The molecule has 0 saturated heterocycles. The number of thiazole rings is 1. The molecule has 30 heavy (non-hydrogen) atoms. The fourth-order valence-electron chi connectivity index (χ4n) is 3.07. The number of rotatable bonds is 5. The molecule has 0 aliphatic carbocycles. The van der Waals surface area contributed by atoms with Gasteiger partial charge in [-0.1, -0.05) is 0 Å². The SMILES string of the molecule is CC(=O)Nc1ccc(NC(=O)CN2C(=O)COc3ccc(-c4cscn4)cc32)cc1. The summed E-state index contributed by atoms with van der Waals surface area (Å²) in [6.07, 6.45) is 0. The standard InChI is InChI=1S/C21H18N4O4S/c1-13(26)23-15-3-5-16(6-4-15)24-20(27)9-25-18-8-14(17-11-30-12-22-17)2-7-19(18)29-10-21(25)28/h2-8,11-12H,9-10H2,1H3,(H,23,26)(H,24,27). The Morgan fingerprint density at radius 1 is 1.13 bits per heavy atom. The largest absolute Gasteiger partial charge is 0.482 e. The first-order chi connectivity index (χ1) is 14.5. The molecule has 0 unspecified atom stereocenters. The van der Waals surface area contributed by atoms with E-state index >= 15 is 0 Å². The number of carbonyl (C=O) groups is 3. The van der Waals surface area contributed by atoms with Gasteiger partial charge in [-0.25, -0.2) is 4.98 Å². The lowest BCUT2D eigenvalue weighted by Crippen LogP contribution is -2.43. The molecule has 152 valence electrons. The number of carbonyl (C=O) groups excluding carboxylic acids is 3. The third kappa shape index (κ3) is 4.31. The first-order valence-corrected chi connectivity index (χ1v) is 10.1. The van der Waals surface area contributed by atoms with Crippen LogP contribution >= 0.6 is 11.3 Å². The third-order valence-corrected chi connectivity index (χ3v) is 5.01. The highest BCUT2D eigenvalue weighted by Gasteiger charge is 2.28. The Labute approximate surface area is 176 Å². The van der Waals surface area contributed by atoms with Gasteiger partial charge in [0.1, 0.15) is 12.3 Å². The molecule has 0 saturated carbocycles. The van der Waals surface area contributed by atoms with Crippen molar-refractivity contribution in [3.63, 3.8) is 0 Å². The lowest BCUT2D eigenvalue weighted by atomic mass is 10.1. The fraction of sp³-hybridized carbons (Fsp3) is 0.143. The number of benzene rings is 2. The van der Waals surface area contributed by atoms with E-state index in [1.54, 1.807) is 41.9 Å². The Morgan fingerprint density at radius 2 is 1.87 bits per heavy atom. The molecule has 0 bridgehead atoms. The number of anilines is 3. The molecule has 0 radical (unpaired) electrons. The van der Waals surface area contributed by atoms with Crippen LogP contribution in [0.15, 0.2) is 53.4 Å². The zero-order valence-electron chi connectivity index (χ0n) is 16.0. The van der Waals surface area contributed by atoms with Crippen molar-refractivity contribution in [3.8, 4) is 17.0 Å². The molecule has 2 N–H and O–H groups in total. The molecule has 1 aromatic heterocycles. The number of aromatic nitrogens is 1. The van der Waals surface area contributed by atoms with Crippen molar-refractivity contribution in [2.45, 2.75) is 6.92 Å². The fourth-order valence-corrected chi connectivity index (χ4v) is 3.64. The predicted molar refractivity (Wildman–Crippen MR) is 115 cm³/mol. The molecule has 2 heterocycles. The molecule has 2 aromatic carbocycles. The van der Waals surface area contributed by atoms with Gasteiger partial charge in [-0.15, -0.1) is 11.3 Å². The van der Waals surface area contributed by atoms with Crippen molar-refractivity contribution >= 4 is 46.1 Å². The first kappa shape index (κ1) is 19.6. The van der Waals surface area contributed by atoms with Crippen LogP contribution in [0.2, 0.25) is 0 Å². The normalized spacial score (nSPS) is 12.7. The van der Waals surface area contributed by atoms with Crippen LogP contribution in [0.4, 0.5) is 17.1 Å². The van der Waals surface area contributed by atoms with Gasteiger partial charge < -0.3 is 15.4 Å². The minimum absolute atomic E-state index is 0.123. The summed E-state index contributed by atoms with van der Waals surface area (Å²) in [5.41, 5.74) is 5.10. The second-order valence-electron chi connectivity index (χ2n) is 6.63. The highest BCUT2D eigenvalue weighted by Crippen LogP contribution is 2.36. The van der Waals surface area contributed by atoms with Crippen molar-refractivity contribution in [1.29, 1.82) is 0 Å². The number of nitrogens with one attached hydrogen (secondary N) is 2. The van der Waals surface area contributed by atoms with Gasteiger partial charge in [-0.2, -0.15) is 0 Å². The monoisotopic (exact) mass is 422 g/mol. The maximum Gasteiger partial charge on any atom is 0.265 e. The molecule has 0 atom stereocenters. The molecule has 9 heteroatoms. The van der Waals surface area contributed by atoms with Crippen molar-refractivity contribution in [3.05, 3.63) is 53.4 Å². The molecular weight excluding hydrogens is 404 g/mol. The smallest absolute Gasteiger partial charge is 0.265 e. The Bertz CT molecular complexity index is 1100. The first-order valence-electron chi connectivity index (χ1n) is 9.13. The Kier molecular flexibility index (Phi) is 5.44. The second-order valence-corrected chi connectivity index (χ2v) is 7.35. The highest BCUT2D eigenvalue weighted by molar-refractivity contribution is 7.07. The van der Waals surface area contributed by atoms with E-state index in [1.165, 1.54) is 23.2 Å². The second kappa shape index (κ2) is 8.34. The summed E-state index contributed by atoms with van der Waals surface area (Å²) in [7, 11) is 0. The van der Waals surface area contributed by atoms with Crippen LogP contribution in [-0.2, 0) is 14.4 Å². The Balaban J connectivity index is 1.50. The van der Waals surface area contributed by atoms with E-state index in [0.717, 1.165) is 11.3 Å². The molecule has 0 spiro atoms. The van der Waals surface area contributed by atoms with Crippen molar-refractivity contribution in [1.82, 2.24) is 4.98 Å². The molecule has 4 rings (SSSR count). The molecular formula is C21H18N4O4S. The number of amides is 3. The number of hydrogen-bond donors (Lipinski definition) is 2. The average Bonchev–Trinajstić information content (AvgIpc) is 3.26. The highest BCUT2D eigenvalue weighted by atomic mass is 32.1. The topological polar surface area (TPSA) is 101 Å². The van der Waals surface area contributed by atoms with E-state index in [2.05, 4.69) is 15.6 Å². The Hall–Kier alpha value is -3.72. The summed E-state index contributed by atoms with van der Waals surface area (Å²) >= 11 is 1.48. The molecule has 8 nitrogen and oxygen atoms in total. The molecule has 1 aliphatic heterocycles. The number of nitrogens with zero attached hydrogens (tertiary/aromatic N) is 2. The summed E-state index contributed by atoms with van der Waals surface area (Å²) < 4.78 is 5.51. The van der Waals surface area contributed by atoms with Crippen molar-refractivity contribution < 1.29 is 19.1 Å². The van der Waals surface area contributed by atoms with E-state index in [1.807, 2.05) is 11.4 Å². The number of hydrogen-bond acceptors (Lipinski definition) is 6. The van der Waals surface area contributed by atoms with Crippen LogP contribution in [0.3, 0.4) is 0 Å². The van der Waals surface area contributed by atoms with Crippen LogP contribution in [0.1, 0.15) is 6.92 Å². The third-order valence-electron chi connectivity index (χ3n) is 4.42. The zero-order chi connectivity index (χ0) is 21.1. The molecule has 1 aliphatic rings. The number of ether oxygens (including phenoxy) is 1. The van der Waals surface area contributed by atoms with Gasteiger partial charge in [0, 0.05) is 29.2 Å². The minimum atomic E-state index is -0.345. The van der Waals surface area contributed by atoms with E-state index < -0.39 is 0 Å². The van der Waals surface area contributed by atoms with Gasteiger partial charge >= 0.3 is 0 Å². The van der Waals surface area contributed by atoms with Crippen molar-refractivity contribution in [2.75, 3.05) is 28.7 Å². The van der Waals surface area contributed by atoms with E-state index in [-0.39, 0.29) is 30.9 Å². The predicted octanol–water partition coefficient (Wildman–Crippen LogP) is 3.13. The summed E-state index contributed by atoms with van der Waals surface area (Å²) in [4.78, 5) is 41.8. The van der Waals surface area contributed by atoms with Gasteiger partial charge in [0.05, 0.1) is 16.9 Å². The van der Waals surface area contributed by atoms with Crippen LogP contribution in [0.5, 0.6) is 5.75 Å². The van der Waals surface area contributed by atoms with E-state index in [4.69, 9.17) is 4.74 Å². The lowest BCUT2D eigenvalue weighted by molar-refractivity contribution is -0.123. The summed E-state index contributed by atoms with van der Waals surface area (Å²) in [6.45, 7) is 1.15. The molecule has 3 amide bonds. The lowest BCUT2D eigenvalue weighted by Gasteiger charge is -2.29. The summed E-state index contributed by atoms with van der Waals surface area (Å²) in [5.74, 6) is -0.272. The van der Waals surface area contributed by atoms with Crippen LogP contribution in [-0.4, -0.2) is 35.9 Å². The van der Waals surface area contributed by atoms with Gasteiger partial charge in [-0.05, 0) is 42.5 Å². The quantitative estimate of drug-likeness (QED) is 0.658. The maximum atomic E-state index is 12.6. The molecule has 3 aromatic rings. The number of fused-ring (bicyclic) bond motifs is 1. The Morgan fingerprint density at radius 3 is 2.53 bits per heavy atom. The van der Waals surface area contributed by atoms with Crippen molar-refractivity contribution in [2.24, 2.45) is 0 Å². The average molecular weight is 422 g/mol. The maximum absolute atomic E-state index is 12.6. The van der Waals surface area contributed by atoms with Crippen LogP contribution in [0.25, 0.3) is 11.3 Å². The van der Waals surface area contributed by atoms with Gasteiger partial charge in [-0.3, -0.25) is 19.3 Å². The van der Waals surface area contributed by atoms with Gasteiger partial charge in [0.2, 0.25) is 11.8 Å². The van der Waals surface area contributed by atoms with Gasteiger partial charge in [0.25, 0.3) is 5.91 Å². The van der Waals surface area contributed by atoms with E-state index in [9.17, 15) is 14.4 Å². The summed E-state index contributed by atoms with van der Waals surface area (Å²) in [6, 6.07) is 12.2. The minimum Gasteiger partial charge on any atom is -0.482 e.